The summed E-state index contributed by atoms with van der Waals surface area (Å²) in [6.45, 7) is 7.83. The highest BCUT2D eigenvalue weighted by Gasteiger charge is 2.39. The van der Waals surface area contributed by atoms with Crippen LogP contribution < -0.4 is 5.32 Å². The number of morpholine rings is 1. The molecule has 27 heavy (non-hydrogen) atoms. The molecule has 6 nitrogen and oxygen atoms in total. The van der Waals surface area contributed by atoms with Gasteiger partial charge >= 0.3 is 0 Å². The number of ether oxygens (including phenoxy) is 1. The number of hydrogen-bond donors (Lipinski definition) is 1. The molecule has 2 heterocycles. The first-order valence-corrected chi connectivity index (χ1v) is 11.0. The van der Waals surface area contributed by atoms with Gasteiger partial charge in [0, 0.05) is 50.6 Å². The van der Waals surface area contributed by atoms with Crippen molar-refractivity contribution in [2.24, 2.45) is 5.92 Å². The highest BCUT2D eigenvalue weighted by molar-refractivity contribution is 5.80. The van der Waals surface area contributed by atoms with E-state index in [2.05, 4.69) is 10.2 Å². The Labute approximate surface area is 164 Å². The lowest BCUT2D eigenvalue weighted by atomic mass is 9.79. The van der Waals surface area contributed by atoms with Gasteiger partial charge in [-0.15, -0.1) is 0 Å². The van der Waals surface area contributed by atoms with Crippen LogP contribution in [-0.2, 0) is 14.3 Å². The lowest BCUT2D eigenvalue weighted by Gasteiger charge is -2.48. The number of rotatable bonds is 6. The van der Waals surface area contributed by atoms with Crippen molar-refractivity contribution in [3.63, 3.8) is 0 Å². The minimum atomic E-state index is 0.0565. The van der Waals surface area contributed by atoms with Crippen LogP contribution in [0.25, 0.3) is 0 Å². The van der Waals surface area contributed by atoms with E-state index in [1.165, 1.54) is 32.1 Å². The van der Waals surface area contributed by atoms with Crippen molar-refractivity contribution in [2.45, 2.75) is 70.3 Å². The average Bonchev–Trinajstić information content (AvgIpc) is 2.73. The second-order valence-corrected chi connectivity index (χ2v) is 8.51. The molecular formula is C21H37N3O3. The second-order valence-electron chi connectivity index (χ2n) is 8.51. The van der Waals surface area contributed by atoms with E-state index in [0.29, 0.717) is 6.42 Å². The Morgan fingerprint density at radius 3 is 2.33 bits per heavy atom. The Hall–Kier alpha value is -1.14. The highest BCUT2D eigenvalue weighted by Crippen LogP contribution is 2.34. The van der Waals surface area contributed by atoms with Crippen molar-refractivity contribution >= 4 is 11.8 Å². The molecule has 3 rings (SSSR count). The fourth-order valence-corrected chi connectivity index (χ4v) is 5.01. The molecule has 6 heteroatoms. The van der Waals surface area contributed by atoms with Gasteiger partial charge in [-0.1, -0.05) is 26.2 Å². The average molecular weight is 380 g/mol. The summed E-state index contributed by atoms with van der Waals surface area (Å²) in [5.41, 5.74) is 0.121. The highest BCUT2D eigenvalue weighted by atomic mass is 16.5. The summed E-state index contributed by atoms with van der Waals surface area (Å²) in [4.78, 5) is 29.3. The Morgan fingerprint density at radius 2 is 1.70 bits per heavy atom. The summed E-state index contributed by atoms with van der Waals surface area (Å²) in [6.07, 6.45) is 9.29. The Balaban J connectivity index is 1.50. The van der Waals surface area contributed by atoms with E-state index < -0.39 is 0 Å². The first-order valence-electron chi connectivity index (χ1n) is 11.0. The number of hydrogen-bond acceptors (Lipinski definition) is 4. The van der Waals surface area contributed by atoms with Crippen LogP contribution in [0.1, 0.15) is 64.7 Å². The number of likely N-dealkylation sites (tertiary alicyclic amines) is 1. The van der Waals surface area contributed by atoms with Gasteiger partial charge < -0.3 is 15.0 Å². The number of nitrogens with zero attached hydrogens (tertiary/aromatic N) is 2. The van der Waals surface area contributed by atoms with E-state index in [4.69, 9.17) is 4.74 Å². The van der Waals surface area contributed by atoms with Crippen LogP contribution in [0.4, 0.5) is 0 Å². The van der Waals surface area contributed by atoms with E-state index in [9.17, 15) is 9.59 Å². The van der Waals surface area contributed by atoms with Crippen LogP contribution in [0.2, 0.25) is 0 Å². The molecule has 3 fully saturated rings. The standard InChI is InChI=1S/C21H37N3O3/c1-2-6-19(25)23-11-7-18(8-12-23)20(26)22-17-21(9-4-3-5-10-21)24-13-15-27-16-14-24/h18H,2-17H2,1H3,(H,22,26). The molecule has 2 saturated heterocycles. The third kappa shape index (κ3) is 5.23. The third-order valence-corrected chi connectivity index (χ3v) is 6.74. The molecule has 154 valence electrons. The number of carbonyl (C=O) groups is 2. The lowest BCUT2D eigenvalue weighted by Crippen LogP contribution is -2.60. The van der Waals surface area contributed by atoms with Gasteiger partial charge in [-0.05, 0) is 32.1 Å². The molecule has 0 unspecified atom stereocenters. The van der Waals surface area contributed by atoms with Gasteiger partial charge in [-0.3, -0.25) is 14.5 Å². The first-order chi connectivity index (χ1) is 13.1. The predicted molar refractivity (Wildman–Crippen MR) is 105 cm³/mol. The van der Waals surface area contributed by atoms with Crippen molar-refractivity contribution in [2.75, 3.05) is 45.9 Å². The zero-order valence-corrected chi connectivity index (χ0v) is 17.0. The van der Waals surface area contributed by atoms with Crippen molar-refractivity contribution in [1.29, 1.82) is 0 Å². The fraction of sp³-hybridized carbons (Fsp3) is 0.905. The summed E-state index contributed by atoms with van der Waals surface area (Å²) >= 11 is 0. The van der Waals surface area contributed by atoms with Crippen molar-refractivity contribution in [3.05, 3.63) is 0 Å². The Kier molecular flexibility index (Phi) is 7.53. The van der Waals surface area contributed by atoms with Crippen LogP contribution in [0, 0.1) is 5.92 Å². The van der Waals surface area contributed by atoms with Crippen LogP contribution in [0.3, 0.4) is 0 Å². The normalized spacial score (nSPS) is 24.6. The summed E-state index contributed by atoms with van der Waals surface area (Å²) in [7, 11) is 0. The molecule has 2 amide bonds. The molecule has 2 aliphatic heterocycles. The van der Waals surface area contributed by atoms with E-state index in [1.807, 2.05) is 11.8 Å². The van der Waals surface area contributed by atoms with E-state index in [0.717, 1.165) is 65.2 Å². The second kappa shape index (κ2) is 9.87. The molecule has 0 aromatic carbocycles. The van der Waals surface area contributed by atoms with Gasteiger partial charge in [0.2, 0.25) is 11.8 Å². The maximum absolute atomic E-state index is 12.8. The summed E-state index contributed by atoms with van der Waals surface area (Å²) in [6, 6.07) is 0. The molecule has 0 aromatic rings. The molecule has 1 aliphatic carbocycles. The molecule has 3 aliphatic rings. The molecule has 0 aromatic heterocycles. The van der Waals surface area contributed by atoms with Gasteiger partial charge in [-0.2, -0.15) is 0 Å². The molecule has 1 saturated carbocycles. The molecular weight excluding hydrogens is 342 g/mol. The summed E-state index contributed by atoms with van der Waals surface area (Å²) in [5, 5.41) is 3.30. The van der Waals surface area contributed by atoms with E-state index in [-0.39, 0.29) is 23.3 Å². The molecule has 0 spiro atoms. The quantitative estimate of drug-likeness (QED) is 0.768. The van der Waals surface area contributed by atoms with Crippen molar-refractivity contribution in [3.8, 4) is 0 Å². The SMILES string of the molecule is CCCC(=O)N1CCC(C(=O)NCC2(N3CCOCC3)CCCCC2)CC1. The van der Waals surface area contributed by atoms with Gasteiger partial charge in [0.05, 0.1) is 13.2 Å². The third-order valence-electron chi connectivity index (χ3n) is 6.74. The van der Waals surface area contributed by atoms with Crippen LogP contribution in [-0.4, -0.2) is 73.1 Å². The van der Waals surface area contributed by atoms with Crippen LogP contribution >= 0.6 is 0 Å². The summed E-state index contributed by atoms with van der Waals surface area (Å²) in [5.74, 6) is 0.488. The van der Waals surface area contributed by atoms with Crippen LogP contribution in [0.5, 0.6) is 0 Å². The summed E-state index contributed by atoms with van der Waals surface area (Å²) < 4.78 is 5.54. The Morgan fingerprint density at radius 1 is 1.04 bits per heavy atom. The molecule has 1 N–H and O–H groups in total. The largest absolute Gasteiger partial charge is 0.379 e. The molecule has 0 radical (unpaired) electrons. The van der Waals surface area contributed by atoms with Crippen molar-refractivity contribution < 1.29 is 14.3 Å². The Bertz CT molecular complexity index is 491. The van der Waals surface area contributed by atoms with Gasteiger partial charge in [0.25, 0.3) is 0 Å². The maximum Gasteiger partial charge on any atom is 0.223 e. The number of carbonyl (C=O) groups excluding carboxylic acids is 2. The fourth-order valence-electron chi connectivity index (χ4n) is 5.01. The number of nitrogens with one attached hydrogen (secondary N) is 1. The van der Waals surface area contributed by atoms with Gasteiger partial charge in [0.15, 0.2) is 0 Å². The first kappa shape index (κ1) is 20.6. The van der Waals surface area contributed by atoms with Gasteiger partial charge in [-0.25, -0.2) is 0 Å². The zero-order chi connectivity index (χ0) is 19.1. The van der Waals surface area contributed by atoms with E-state index >= 15 is 0 Å². The predicted octanol–water partition coefficient (Wildman–Crippen LogP) is 2.18. The van der Waals surface area contributed by atoms with E-state index in [1.54, 1.807) is 0 Å². The number of amides is 2. The van der Waals surface area contributed by atoms with Gasteiger partial charge in [0.1, 0.15) is 0 Å². The topological polar surface area (TPSA) is 61.9 Å². The maximum atomic E-state index is 12.8. The van der Waals surface area contributed by atoms with Crippen LogP contribution in [0.15, 0.2) is 0 Å². The number of piperidine rings is 1. The van der Waals surface area contributed by atoms with Crippen molar-refractivity contribution in [1.82, 2.24) is 15.1 Å². The smallest absolute Gasteiger partial charge is 0.223 e. The zero-order valence-electron chi connectivity index (χ0n) is 17.0. The molecule has 0 bridgehead atoms. The molecule has 0 atom stereocenters. The minimum Gasteiger partial charge on any atom is -0.379 e. The lowest BCUT2D eigenvalue weighted by molar-refractivity contribution is -0.136. The monoisotopic (exact) mass is 379 g/mol. The minimum absolute atomic E-state index is 0.0565.